The van der Waals surface area contributed by atoms with Crippen LogP contribution in [0.2, 0.25) is 0 Å². The quantitative estimate of drug-likeness (QED) is 0.877. The van der Waals surface area contributed by atoms with Gasteiger partial charge in [-0.15, -0.1) is 0 Å². The van der Waals surface area contributed by atoms with Gasteiger partial charge < -0.3 is 9.67 Å². The Morgan fingerprint density at radius 3 is 3.25 bits per heavy atom. The smallest absolute Gasteiger partial charge is 0.0668 e. The Labute approximate surface area is 118 Å². The van der Waals surface area contributed by atoms with Crippen molar-refractivity contribution in [3.05, 3.63) is 47.4 Å². The van der Waals surface area contributed by atoms with Gasteiger partial charge >= 0.3 is 0 Å². The Balaban J connectivity index is 1.82. The van der Waals surface area contributed by atoms with Crippen molar-refractivity contribution >= 4 is 17.5 Å². The van der Waals surface area contributed by atoms with E-state index in [1.54, 1.807) is 0 Å². The fourth-order valence-electron chi connectivity index (χ4n) is 3.39. The van der Waals surface area contributed by atoms with Crippen molar-refractivity contribution in [2.24, 2.45) is 10.9 Å². The second-order valence-electron chi connectivity index (χ2n) is 5.68. The number of aliphatic hydroxyl groups excluding tert-OH is 1. The normalized spacial score (nSPS) is 23.2. The number of rotatable bonds is 2. The summed E-state index contributed by atoms with van der Waals surface area (Å²) in [6, 6.07) is 2.24. The average Bonchev–Trinajstić information content (AvgIpc) is 2.83. The topological polar surface area (TPSA) is 37.5 Å². The fourth-order valence-corrected chi connectivity index (χ4v) is 3.39. The lowest BCUT2D eigenvalue weighted by atomic mass is 9.94. The molecule has 0 radical (unpaired) electrons. The third-order valence-corrected chi connectivity index (χ3v) is 4.42. The molecule has 1 atom stereocenters. The Hall–Kier alpha value is -1.87. The number of aromatic nitrogens is 1. The van der Waals surface area contributed by atoms with Gasteiger partial charge in [-0.3, -0.25) is 4.99 Å². The van der Waals surface area contributed by atoms with E-state index in [4.69, 9.17) is 10.1 Å². The highest BCUT2D eigenvalue weighted by atomic mass is 16.3. The van der Waals surface area contributed by atoms with E-state index in [1.807, 2.05) is 6.21 Å². The van der Waals surface area contributed by atoms with Gasteiger partial charge in [-0.05, 0) is 49.3 Å². The SMILES string of the molecule is OCCC1C=CC2=C(C1)N=CC1=CCCc3ccn2c31. The minimum atomic E-state index is 0.241. The first kappa shape index (κ1) is 11.9. The molecule has 0 bridgehead atoms. The molecule has 0 amide bonds. The highest BCUT2D eigenvalue weighted by Crippen LogP contribution is 2.36. The summed E-state index contributed by atoms with van der Waals surface area (Å²) in [7, 11) is 0. The monoisotopic (exact) mass is 266 g/mol. The maximum absolute atomic E-state index is 9.12. The van der Waals surface area contributed by atoms with Gasteiger partial charge in [0, 0.05) is 24.6 Å². The number of aryl methyl sites for hydroxylation is 1. The number of nitrogens with zero attached hydrogens (tertiary/aromatic N) is 2. The van der Waals surface area contributed by atoms with Gasteiger partial charge in [-0.2, -0.15) is 0 Å². The summed E-state index contributed by atoms with van der Waals surface area (Å²) in [4.78, 5) is 4.72. The number of hydrogen-bond acceptors (Lipinski definition) is 2. The molecule has 2 heterocycles. The maximum Gasteiger partial charge on any atom is 0.0668 e. The van der Waals surface area contributed by atoms with E-state index in [0.29, 0.717) is 5.92 Å². The first-order chi connectivity index (χ1) is 9.86. The first-order valence-corrected chi connectivity index (χ1v) is 7.34. The van der Waals surface area contributed by atoms with Crippen molar-refractivity contribution in [1.29, 1.82) is 0 Å². The van der Waals surface area contributed by atoms with E-state index in [0.717, 1.165) is 31.4 Å². The number of aliphatic hydroxyl groups is 1. The summed E-state index contributed by atoms with van der Waals surface area (Å²) >= 11 is 0. The first-order valence-electron chi connectivity index (χ1n) is 7.34. The summed E-state index contributed by atoms with van der Waals surface area (Å²) < 4.78 is 2.29. The molecule has 1 aromatic rings. The largest absolute Gasteiger partial charge is 0.396 e. The number of hydrogen-bond donors (Lipinski definition) is 1. The zero-order valence-corrected chi connectivity index (χ0v) is 11.4. The predicted molar refractivity (Wildman–Crippen MR) is 81.4 cm³/mol. The second-order valence-corrected chi connectivity index (χ2v) is 5.68. The molecule has 102 valence electrons. The molecule has 3 nitrogen and oxygen atoms in total. The Morgan fingerprint density at radius 2 is 2.35 bits per heavy atom. The number of aliphatic imine (C=N–C) groups is 1. The summed E-state index contributed by atoms with van der Waals surface area (Å²) in [5.41, 5.74) is 6.32. The molecule has 4 rings (SSSR count). The van der Waals surface area contributed by atoms with Crippen LogP contribution in [0.5, 0.6) is 0 Å². The molecule has 1 N–H and O–H groups in total. The van der Waals surface area contributed by atoms with Crippen LogP contribution >= 0.6 is 0 Å². The number of allylic oxidation sites excluding steroid dienone is 6. The van der Waals surface area contributed by atoms with E-state index in [1.165, 1.54) is 22.5 Å². The van der Waals surface area contributed by atoms with Crippen molar-refractivity contribution in [3.8, 4) is 0 Å². The summed E-state index contributed by atoms with van der Waals surface area (Å²) in [6.07, 6.45) is 14.8. The molecule has 0 spiro atoms. The van der Waals surface area contributed by atoms with Crippen LogP contribution in [0.15, 0.2) is 41.2 Å². The standard InChI is InChI=1S/C17H18N2O/c20-9-7-12-4-5-16-15(10-12)18-11-14-3-1-2-13-6-8-19(16)17(13)14/h3-6,8,11-12,20H,1-2,7,9-10H2. The molecule has 0 saturated heterocycles. The molecule has 0 saturated carbocycles. The molecule has 2 aliphatic carbocycles. The van der Waals surface area contributed by atoms with Crippen molar-refractivity contribution in [2.45, 2.75) is 25.7 Å². The van der Waals surface area contributed by atoms with Gasteiger partial charge in [0.05, 0.1) is 17.1 Å². The molecule has 1 unspecified atom stereocenters. The minimum Gasteiger partial charge on any atom is -0.396 e. The molecule has 3 heteroatoms. The van der Waals surface area contributed by atoms with E-state index in [2.05, 4.69) is 35.1 Å². The Bertz CT molecular complexity index is 673. The molecule has 0 aromatic carbocycles. The second kappa shape index (κ2) is 4.60. The zero-order chi connectivity index (χ0) is 13.5. The van der Waals surface area contributed by atoms with Crippen LogP contribution in [0.4, 0.5) is 0 Å². The van der Waals surface area contributed by atoms with Gasteiger partial charge in [-0.1, -0.05) is 12.2 Å². The van der Waals surface area contributed by atoms with Crippen molar-refractivity contribution in [2.75, 3.05) is 6.61 Å². The summed E-state index contributed by atoms with van der Waals surface area (Å²) in [5.74, 6) is 0.407. The van der Waals surface area contributed by atoms with Gasteiger partial charge in [0.15, 0.2) is 0 Å². The van der Waals surface area contributed by atoms with Gasteiger partial charge in [0.25, 0.3) is 0 Å². The van der Waals surface area contributed by atoms with Crippen LogP contribution in [-0.4, -0.2) is 22.5 Å². The Kier molecular flexibility index (Phi) is 2.74. The molecule has 3 aliphatic rings. The maximum atomic E-state index is 9.12. The van der Waals surface area contributed by atoms with Crippen molar-refractivity contribution in [3.63, 3.8) is 0 Å². The van der Waals surface area contributed by atoms with Crippen LogP contribution in [0.3, 0.4) is 0 Å². The highest BCUT2D eigenvalue weighted by Gasteiger charge is 2.24. The van der Waals surface area contributed by atoms with Crippen LogP contribution in [0.25, 0.3) is 11.3 Å². The van der Waals surface area contributed by atoms with E-state index >= 15 is 0 Å². The van der Waals surface area contributed by atoms with Gasteiger partial charge in [0.2, 0.25) is 0 Å². The van der Waals surface area contributed by atoms with Crippen molar-refractivity contribution < 1.29 is 5.11 Å². The Morgan fingerprint density at radius 1 is 1.40 bits per heavy atom. The van der Waals surface area contributed by atoms with Crippen LogP contribution < -0.4 is 0 Å². The van der Waals surface area contributed by atoms with E-state index < -0.39 is 0 Å². The third-order valence-electron chi connectivity index (χ3n) is 4.42. The summed E-state index contributed by atoms with van der Waals surface area (Å²) in [6.45, 7) is 0.241. The fraction of sp³-hybridized carbons (Fsp3) is 0.353. The minimum absolute atomic E-state index is 0.241. The predicted octanol–water partition coefficient (Wildman–Crippen LogP) is 3.03. The lowest BCUT2D eigenvalue weighted by Crippen LogP contribution is -2.10. The molecular formula is C17H18N2O. The van der Waals surface area contributed by atoms with Crippen molar-refractivity contribution in [1.82, 2.24) is 4.57 Å². The average molecular weight is 266 g/mol. The van der Waals surface area contributed by atoms with Gasteiger partial charge in [-0.25, -0.2) is 0 Å². The molecule has 0 fully saturated rings. The van der Waals surface area contributed by atoms with Crippen LogP contribution in [-0.2, 0) is 6.42 Å². The van der Waals surface area contributed by atoms with E-state index in [9.17, 15) is 0 Å². The van der Waals surface area contributed by atoms with Crippen LogP contribution in [0.1, 0.15) is 30.5 Å². The molecular weight excluding hydrogens is 248 g/mol. The highest BCUT2D eigenvalue weighted by molar-refractivity contribution is 6.11. The lowest BCUT2D eigenvalue weighted by Gasteiger charge is -2.20. The number of fused-ring (bicyclic) bond motifs is 1. The molecule has 1 aliphatic heterocycles. The zero-order valence-electron chi connectivity index (χ0n) is 11.4. The lowest BCUT2D eigenvalue weighted by molar-refractivity contribution is 0.269. The van der Waals surface area contributed by atoms with Crippen LogP contribution in [0, 0.1) is 5.92 Å². The molecule has 20 heavy (non-hydrogen) atoms. The third kappa shape index (κ3) is 1.74. The molecule has 1 aromatic heterocycles. The van der Waals surface area contributed by atoms with Gasteiger partial charge in [0.1, 0.15) is 0 Å². The summed E-state index contributed by atoms with van der Waals surface area (Å²) in [5, 5.41) is 9.12. The van der Waals surface area contributed by atoms with E-state index in [-0.39, 0.29) is 6.61 Å².